The summed E-state index contributed by atoms with van der Waals surface area (Å²) in [4.78, 5) is 26.5. The van der Waals surface area contributed by atoms with Gasteiger partial charge in [0.25, 0.3) is 5.91 Å². The Morgan fingerprint density at radius 3 is 2.40 bits per heavy atom. The third-order valence-corrected chi connectivity index (χ3v) is 5.24. The largest absolute Gasteiger partial charge is 0.481 e. The Bertz CT molecular complexity index is 840. The van der Waals surface area contributed by atoms with Crippen LogP contribution in [0.3, 0.4) is 0 Å². The molecule has 25 heavy (non-hydrogen) atoms. The summed E-state index contributed by atoms with van der Waals surface area (Å²) in [7, 11) is 1.80. The van der Waals surface area contributed by atoms with Crippen molar-refractivity contribution in [3.05, 3.63) is 52.3 Å². The van der Waals surface area contributed by atoms with Gasteiger partial charge in [-0.2, -0.15) is 5.10 Å². The van der Waals surface area contributed by atoms with Crippen LogP contribution in [0.25, 0.3) is 0 Å². The van der Waals surface area contributed by atoms with Crippen LogP contribution in [0.5, 0.6) is 0 Å². The molecule has 0 radical (unpaired) electrons. The molecule has 132 valence electrons. The van der Waals surface area contributed by atoms with E-state index in [0.29, 0.717) is 17.8 Å². The number of carboxylic acid groups (broad SMARTS) is 1. The van der Waals surface area contributed by atoms with Crippen molar-refractivity contribution in [2.45, 2.75) is 26.7 Å². The summed E-state index contributed by atoms with van der Waals surface area (Å²) in [6.07, 6.45) is 0. The van der Waals surface area contributed by atoms with Gasteiger partial charge in [0, 0.05) is 31.7 Å². The van der Waals surface area contributed by atoms with E-state index in [1.165, 1.54) is 0 Å². The van der Waals surface area contributed by atoms with Crippen molar-refractivity contribution >= 4 is 11.9 Å². The predicted octanol–water partition coefficient (Wildman–Crippen LogP) is 2.29. The molecule has 0 saturated carbocycles. The van der Waals surface area contributed by atoms with Gasteiger partial charge in [0.15, 0.2) is 0 Å². The van der Waals surface area contributed by atoms with Crippen molar-refractivity contribution < 1.29 is 14.7 Å². The van der Waals surface area contributed by atoms with Crippen molar-refractivity contribution in [3.8, 4) is 0 Å². The van der Waals surface area contributed by atoms with Crippen molar-refractivity contribution in [2.24, 2.45) is 13.0 Å². The number of carbonyl (C=O) groups excluding carboxylic acids is 1. The van der Waals surface area contributed by atoms with Crippen LogP contribution in [0.1, 0.15) is 38.8 Å². The van der Waals surface area contributed by atoms with Crippen LogP contribution in [-0.4, -0.2) is 44.8 Å². The fourth-order valence-corrected chi connectivity index (χ4v) is 3.78. The molecule has 1 aliphatic heterocycles. The molecular formula is C19H23N3O3. The maximum Gasteiger partial charge on any atom is 0.308 e. The first-order valence-corrected chi connectivity index (χ1v) is 8.39. The highest BCUT2D eigenvalue weighted by molar-refractivity contribution is 5.97. The summed E-state index contributed by atoms with van der Waals surface area (Å²) in [5, 5.41) is 14.0. The van der Waals surface area contributed by atoms with Crippen LogP contribution in [-0.2, 0) is 11.8 Å². The van der Waals surface area contributed by atoms with E-state index in [2.05, 4.69) is 5.10 Å². The standard InChI is InChI=1S/C19H23N3O3/c1-11-7-5-6-8-14(11)15-9-22(10-16(15)19(24)25)18(23)17-12(2)20-21(4)13(17)3/h5-8,15-16H,9-10H2,1-4H3,(H,24,25)/t15-,16+/m0/s1. The van der Waals surface area contributed by atoms with Crippen molar-refractivity contribution in [2.75, 3.05) is 13.1 Å². The Morgan fingerprint density at radius 2 is 1.84 bits per heavy atom. The normalized spacial score (nSPS) is 20.1. The number of carbonyl (C=O) groups is 2. The molecule has 1 saturated heterocycles. The minimum absolute atomic E-state index is 0.134. The maximum absolute atomic E-state index is 13.0. The zero-order valence-corrected chi connectivity index (χ0v) is 15.0. The molecule has 0 bridgehead atoms. The van der Waals surface area contributed by atoms with Gasteiger partial charge in [-0.05, 0) is 31.9 Å². The van der Waals surface area contributed by atoms with Crippen molar-refractivity contribution in [3.63, 3.8) is 0 Å². The minimum Gasteiger partial charge on any atom is -0.481 e. The highest BCUT2D eigenvalue weighted by atomic mass is 16.4. The fraction of sp³-hybridized carbons (Fsp3) is 0.421. The van der Waals surface area contributed by atoms with Crippen LogP contribution >= 0.6 is 0 Å². The number of aryl methyl sites for hydroxylation is 3. The Kier molecular flexibility index (Phi) is 4.37. The molecule has 1 amide bonds. The average Bonchev–Trinajstić information content (AvgIpc) is 3.10. The van der Waals surface area contributed by atoms with E-state index >= 15 is 0 Å². The van der Waals surface area contributed by atoms with Gasteiger partial charge >= 0.3 is 5.97 Å². The second-order valence-corrected chi connectivity index (χ2v) is 6.79. The molecular weight excluding hydrogens is 318 g/mol. The first kappa shape index (κ1) is 17.2. The van der Waals surface area contributed by atoms with E-state index in [-0.39, 0.29) is 18.4 Å². The lowest BCUT2D eigenvalue weighted by atomic mass is 9.86. The number of aliphatic carboxylic acids is 1. The fourth-order valence-electron chi connectivity index (χ4n) is 3.78. The summed E-state index contributed by atoms with van der Waals surface area (Å²) in [5.74, 6) is -1.78. The molecule has 0 spiro atoms. The van der Waals surface area contributed by atoms with Crippen LogP contribution in [0, 0.1) is 26.7 Å². The molecule has 1 aromatic carbocycles. The number of aromatic nitrogens is 2. The highest BCUT2D eigenvalue weighted by Gasteiger charge is 2.41. The number of hydrogen-bond donors (Lipinski definition) is 1. The van der Waals surface area contributed by atoms with Gasteiger partial charge in [0.2, 0.25) is 0 Å². The molecule has 2 heterocycles. The van der Waals surface area contributed by atoms with Gasteiger partial charge in [-0.25, -0.2) is 0 Å². The maximum atomic E-state index is 13.0. The number of likely N-dealkylation sites (tertiary alicyclic amines) is 1. The lowest BCUT2D eigenvalue weighted by molar-refractivity contribution is -0.141. The van der Waals surface area contributed by atoms with E-state index in [0.717, 1.165) is 16.8 Å². The molecule has 1 N–H and O–H groups in total. The van der Waals surface area contributed by atoms with Gasteiger partial charge in [0.1, 0.15) is 0 Å². The van der Waals surface area contributed by atoms with Crippen molar-refractivity contribution in [1.82, 2.24) is 14.7 Å². The van der Waals surface area contributed by atoms with Crippen LogP contribution in [0.15, 0.2) is 24.3 Å². The van der Waals surface area contributed by atoms with E-state index < -0.39 is 11.9 Å². The second-order valence-electron chi connectivity index (χ2n) is 6.79. The summed E-state index contributed by atoms with van der Waals surface area (Å²) in [6, 6.07) is 7.80. The zero-order valence-electron chi connectivity index (χ0n) is 15.0. The highest BCUT2D eigenvalue weighted by Crippen LogP contribution is 2.35. The quantitative estimate of drug-likeness (QED) is 0.929. The molecule has 0 aliphatic carbocycles. The lowest BCUT2D eigenvalue weighted by Crippen LogP contribution is -2.30. The SMILES string of the molecule is Cc1ccccc1[C@@H]1CN(C(=O)c2c(C)nn(C)c2C)C[C@H]1C(=O)O. The topological polar surface area (TPSA) is 75.4 Å². The van der Waals surface area contributed by atoms with Gasteiger partial charge in [-0.3, -0.25) is 14.3 Å². The monoisotopic (exact) mass is 341 g/mol. The number of carboxylic acids is 1. The van der Waals surface area contributed by atoms with Crippen LogP contribution < -0.4 is 0 Å². The second kappa shape index (κ2) is 6.35. The Hall–Kier alpha value is -2.63. The first-order valence-electron chi connectivity index (χ1n) is 8.39. The number of nitrogens with zero attached hydrogens (tertiary/aromatic N) is 3. The summed E-state index contributed by atoms with van der Waals surface area (Å²) in [5.41, 5.74) is 4.12. The minimum atomic E-state index is -0.858. The lowest BCUT2D eigenvalue weighted by Gasteiger charge is -2.18. The van der Waals surface area contributed by atoms with Crippen molar-refractivity contribution in [1.29, 1.82) is 0 Å². The third-order valence-electron chi connectivity index (χ3n) is 5.24. The number of benzene rings is 1. The van der Waals surface area contributed by atoms with E-state index in [4.69, 9.17) is 0 Å². The summed E-state index contributed by atoms with van der Waals surface area (Å²) in [6.45, 7) is 6.28. The Labute approximate surface area is 147 Å². The van der Waals surface area contributed by atoms with Crippen LogP contribution in [0.4, 0.5) is 0 Å². The molecule has 3 rings (SSSR count). The van der Waals surface area contributed by atoms with E-state index in [1.54, 1.807) is 16.6 Å². The smallest absolute Gasteiger partial charge is 0.308 e. The predicted molar refractivity (Wildman–Crippen MR) is 93.6 cm³/mol. The summed E-state index contributed by atoms with van der Waals surface area (Å²) >= 11 is 0. The Balaban J connectivity index is 1.94. The molecule has 6 nitrogen and oxygen atoms in total. The molecule has 0 unspecified atom stereocenters. The van der Waals surface area contributed by atoms with Gasteiger partial charge < -0.3 is 10.0 Å². The molecule has 1 fully saturated rings. The average molecular weight is 341 g/mol. The first-order chi connectivity index (χ1) is 11.8. The van der Waals surface area contributed by atoms with Gasteiger partial charge in [0.05, 0.1) is 17.2 Å². The Morgan fingerprint density at radius 1 is 1.16 bits per heavy atom. The molecule has 2 atom stereocenters. The number of hydrogen-bond acceptors (Lipinski definition) is 3. The van der Waals surface area contributed by atoms with Gasteiger partial charge in [-0.15, -0.1) is 0 Å². The molecule has 2 aromatic rings. The zero-order chi connectivity index (χ0) is 18.3. The van der Waals surface area contributed by atoms with Crippen LogP contribution in [0.2, 0.25) is 0 Å². The van der Waals surface area contributed by atoms with E-state index in [1.807, 2.05) is 45.0 Å². The summed E-state index contributed by atoms with van der Waals surface area (Å²) < 4.78 is 1.69. The molecule has 1 aromatic heterocycles. The van der Waals surface area contributed by atoms with E-state index in [9.17, 15) is 14.7 Å². The molecule has 6 heteroatoms. The number of rotatable bonds is 3. The third kappa shape index (κ3) is 2.92. The molecule has 1 aliphatic rings. The number of amides is 1. The van der Waals surface area contributed by atoms with Gasteiger partial charge in [-0.1, -0.05) is 24.3 Å².